The molecule has 3 fully saturated rings. The highest BCUT2D eigenvalue weighted by Gasteiger charge is 2.53. The number of hydrogen-bond donors (Lipinski definition) is 5. The number of Topliss-reactive ketones (excluding diaryl/α,β-unsaturated/α-hetero) is 1. The minimum Gasteiger partial charge on any atom is -0.459 e. The number of methoxy groups -OCH3 is 1. The van der Waals surface area contributed by atoms with Crippen molar-refractivity contribution in [2.45, 2.75) is 179 Å². The van der Waals surface area contributed by atoms with Gasteiger partial charge in [0.2, 0.25) is 0 Å². The molecule has 14 heteroatoms. The molecule has 0 aromatic rings. The van der Waals surface area contributed by atoms with Crippen LogP contribution in [-0.4, -0.2) is 148 Å². The van der Waals surface area contributed by atoms with E-state index < -0.39 is 108 Å². The summed E-state index contributed by atoms with van der Waals surface area (Å²) in [5, 5.41) is 57.6. The molecule has 3 rings (SSSR count). The Kier molecular flexibility index (Phi) is 14.7. The van der Waals surface area contributed by atoms with Crippen molar-refractivity contribution < 1.29 is 63.5 Å². The molecule has 4 unspecified atom stereocenters. The van der Waals surface area contributed by atoms with Crippen LogP contribution in [0, 0.1) is 23.7 Å². The van der Waals surface area contributed by atoms with E-state index in [1.54, 1.807) is 41.5 Å². The number of carbonyl (C=O) groups excluding carboxylic acids is 2. The Morgan fingerprint density at radius 2 is 1.49 bits per heavy atom. The molecule has 0 radical (unpaired) electrons. The van der Waals surface area contributed by atoms with E-state index in [0.717, 1.165) is 0 Å². The first kappa shape index (κ1) is 44.1. The Morgan fingerprint density at radius 3 is 2.04 bits per heavy atom. The van der Waals surface area contributed by atoms with E-state index in [9.17, 15) is 35.1 Å². The third-order valence-electron chi connectivity index (χ3n) is 11.8. The molecule has 0 amide bonds. The van der Waals surface area contributed by atoms with Gasteiger partial charge in [-0.3, -0.25) is 9.59 Å². The fourth-order valence-corrected chi connectivity index (χ4v) is 8.41. The van der Waals surface area contributed by atoms with E-state index in [4.69, 9.17) is 28.4 Å². The lowest BCUT2D eigenvalue weighted by Gasteiger charge is -2.49. The third-order valence-corrected chi connectivity index (χ3v) is 11.8. The van der Waals surface area contributed by atoms with Crippen molar-refractivity contribution in [1.82, 2.24) is 4.90 Å². The fraction of sp³-hybridized carbons (Fsp3) is 0.946. The van der Waals surface area contributed by atoms with Crippen molar-refractivity contribution >= 4 is 11.8 Å². The van der Waals surface area contributed by atoms with E-state index in [1.807, 2.05) is 25.9 Å². The number of rotatable bonds is 7. The highest BCUT2D eigenvalue weighted by atomic mass is 16.7. The molecule has 0 saturated carbocycles. The van der Waals surface area contributed by atoms with Crippen LogP contribution < -0.4 is 0 Å². The van der Waals surface area contributed by atoms with Crippen LogP contribution in [0.25, 0.3) is 0 Å². The average molecular weight is 734 g/mol. The lowest BCUT2D eigenvalue weighted by Crippen LogP contribution is -2.61. The number of esters is 1. The Balaban J connectivity index is 2.18. The van der Waals surface area contributed by atoms with Crippen molar-refractivity contribution in [2.75, 3.05) is 21.2 Å². The molecule has 3 heterocycles. The van der Waals surface area contributed by atoms with Crippen LogP contribution in [0.4, 0.5) is 0 Å². The van der Waals surface area contributed by atoms with E-state index in [2.05, 4.69) is 0 Å². The number of cyclic esters (lactones) is 1. The second-order valence-electron chi connectivity index (χ2n) is 16.5. The van der Waals surface area contributed by atoms with Gasteiger partial charge in [-0.05, 0) is 74.9 Å². The summed E-state index contributed by atoms with van der Waals surface area (Å²) in [7, 11) is 5.18. The summed E-state index contributed by atoms with van der Waals surface area (Å²) in [4.78, 5) is 29.8. The molecular weight excluding hydrogens is 666 g/mol. The first-order chi connectivity index (χ1) is 23.4. The zero-order chi connectivity index (χ0) is 39.0. The highest BCUT2D eigenvalue weighted by molar-refractivity contribution is 5.83. The van der Waals surface area contributed by atoms with E-state index in [1.165, 1.54) is 27.9 Å². The van der Waals surface area contributed by atoms with Gasteiger partial charge >= 0.3 is 5.97 Å². The topological polar surface area (TPSA) is 194 Å². The van der Waals surface area contributed by atoms with Gasteiger partial charge in [0.1, 0.15) is 29.7 Å². The average Bonchev–Trinajstić information content (AvgIpc) is 3.05. The first-order valence-corrected chi connectivity index (χ1v) is 18.5. The van der Waals surface area contributed by atoms with Gasteiger partial charge in [-0.15, -0.1) is 0 Å². The second-order valence-corrected chi connectivity index (χ2v) is 16.5. The second kappa shape index (κ2) is 17.0. The molecule has 3 saturated heterocycles. The normalized spacial score (nSPS) is 49.7. The number of ketones is 1. The molecule has 5 N–H and O–H groups in total. The Bertz CT molecular complexity index is 1170. The van der Waals surface area contributed by atoms with Gasteiger partial charge in [-0.2, -0.15) is 0 Å². The smallest absolute Gasteiger partial charge is 0.311 e. The number of aliphatic hydroxyl groups excluding tert-OH is 3. The number of carbonyl (C=O) groups is 2. The van der Waals surface area contributed by atoms with Crippen LogP contribution in [0.1, 0.15) is 94.9 Å². The van der Waals surface area contributed by atoms with E-state index in [-0.39, 0.29) is 31.4 Å². The molecule has 0 aromatic heterocycles. The van der Waals surface area contributed by atoms with Crippen molar-refractivity contribution in [3.63, 3.8) is 0 Å². The van der Waals surface area contributed by atoms with Gasteiger partial charge in [-0.25, -0.2) is 0 Å². The van der Waals surface area contributed by atoms with E-state index in [0.29, 0.717) is 6.42 Å². The molecule has 3 aliphatic heterocycles. The van der Waals surface area contributed by atoms with Gasteiger partial charge in [0.25, 0.3) is 0 Å². The zero-order valence-corrected chi connectivity index (χ0v) is 32.9. The number of hydrogen-bond acceptors (Lipinski definition) is 14. The maximum absolute atomic E-state index is 14.1. The molecule has 298 valence electrons. The minimum atomic E-state index is -1.99. The molecule has 51 heavy (non-hydrogen) atoms. The van der Waals surface area contributed by atoms with Crippen LogP contribution in [0.3, 0.4) is 0 Å². The van der Waals surface area contributed by atoms with Gasteiger partial charge in [-0.1, -0.05) is 27.7 Å². The lowest BCUT2D eigenvalue weighted by molar-refractivity contribution is -0.318. The predicted octanol–water partition coefficient (Wildman–Crippen LogP) is 1.79. The molecule has 0 aromatic carbocycles. The van der Waals surface area contributed by atoms with Crippen LogP contribution in [0.2, 0.25) is 0 Å². The van der Waals surface area contributed by atoms with Crippen LogP contribution in [0.5, 0.6) is 0 Å². The summed E-state index contributed by atoms with van der Waals surface area (Å²) in [6.45, 7) is 16.3. The molecule has 18 atom stereocenters. The summed E-state index contributed by atoms with van der Waals surface area (Å²) in [6, 6.07) is -0.324. The highest BCUT2D eigenvalue weighted by Crippen LogP contribution is 2.40. The number of aliphatic hydroxyl groups is 5. The van der Waals surface area contributed by atoms with Gasteiger partial charge in [0.05, 0.1) is 47.6 Å². The molecule has 0 spiro atoms. The molecule has 0 aliphatic carbocycles. The SMILES string of the molecule is CCC1OC(=O)[C@H](C)C(O[C@@H]2C[C@](C)(OC)[C@H](O)[C@@H](C)O2)C(C)[C@@H](O[C@@H]2O[C@H](C)C[C@H](N(C)C)[C@H]2O)[C@](C)(O)C[C@@H](C)C(=O)C(C)[C@@H](O)[C@]1(C)O. The number of nitrogens with zero attached hydrogens (tertiary/aromatic N) is 1. The van der Waals surface area contributed by atoms with Crippen LogP contribution in [0.15, 0.2) is 0 Å². The van der Waals surface area contributed by atoms with Crippen molar-refractivity contribution in [1.29, 1.82) is 0 Å². The summed E-state index contributed by atoms with van der Waals surface area (Å²) in [5.74, 6) is -4.98. The monoisotopic (exact) mass is 733 g/mol. The summed E-state index contributed by atoms with van der Waals surface area (Å²) in [6.07, 6.45) is -9.71. The minimum absolute atomic E-state index is 0.0936. The third kappa shape index (κ3) is 9.51. The van der Waals surface area contributed by atoms with Crippen molar-refractivity contribution in [2.24, 2.45) is 23.7 Å². The van der Waals surface area contributed by atoms with Crippen molar-refractivity contribution in [3.05, 3.63) is 0 Å². The molecule has 0 bridgehead atoms. The molecule has 3 aliphatic rings. The number of ether oxygens (including phenoxy) is 6. The van der Waals surface area contributed by atoms with Gasteiger partial charge < -0.3 is 58.9 Å². The first-order valence-electron chi connectivity index (χ1n) is 18.5. The van der Waals surface area contributed by atoms with Crippen LogP contribution >= 0.6 is 0 Å². The molecular formula is C37H67NO13. The number of likely N-dealkylation sites (N-methyl/N-ethyl adjacent to an activating group) is 1. The maximum Gasteiger partial charge on any atom is 0.311 e. The Labute approximate surface area is 304 Å². The zero-order valence-electron chi connectivity index (χ0n) is 32.9. The Hall–Kier alpha value is -1.30. The lowest BCUT2D eigenvalue weighted by atomic mass is 9.74. The largest absolute Gasteiger partial charge is 0.459 e. The maximum atomic E-state index is 14.1. The fourth-order valence-electron chi connectivity index (χ4n) is 8.41. The van der Waals surface area contributed by atoms with Gasteiger partial charge in [0.15, 0.2) is 12.6 Å². The predicted molar refractivity (Wildman–Crippen MR) is 186 cm³/mol. The summed E-state index contributed by atoms with van der Waals surface area (Å²) >= 11 is 0. The van der Waals surface area contributed by atoms with Crippen LogP contribution in [-0.2, 0) is 38.0 Å². The van der Waals surface area contributed by atoms with Crippen molar-refractivity contribution in [3.8, 4) is 0 Å². The van der Waals surface area contributed by atoms with Gasteiger partial charge in [0, 0.05) is 37.3 Å². The Morgan fingerprint density at radius 1 is 0.882 bits per heavy atom. The quantitative estimate of drug-likeness (QED) is 0.238. The van der Waals surface area contributed by atoms with E-state index >= 15 is 0 Å². The molecule has 14 nitrogen and oxygen atoms in total. The standard InChI is InChI=1S/C37H67NO13/c1-14-25-37(10,45)30(41)20(4)27(39)18(2)16-35(8,44)32(51-34-28(40)24(38(11)12)15-19(3)47-34)21(5)29(22(6)33(43)49-25)50-26-17-36(9,46-13)31(42)23(7)48-26/h18-26,28-32,34,40-42,44-45H,14-17H2,1-13H3/t18-,19-,20?,21?,22-,23-,24+,25?,26-,28-,29?,30-,31-,32-,34+,35-,36+,37-/m1/s1. The summed E-state index contributed by atoms with van der Waals surface area (Å²) < 4.78 is 37.1. The summed E-state index contributed by atoms with van der Waals surface area (Å²) in [5.41, 5.74) is -4.84.